The van der Waals surface area contributed by atoms with Gasteiger partial charge in [0.25, 0.3) is 0 Å². The smallest absolute Gasteiger partial charge is 0.346 e. The molecule has 4 heteroatoms. The Morgan fingerprint density at radius 1 is 1.60 bits per heavy atom. The number of carboxylic acid groups (broad SMARTS) is 1. The van der Waals surface area contributed by atoms with Crippen molar-refractivity contribution < 1.29 is 19.0 Å². The van der Waals surface area contributed by atoms with Crippen LogP contribution in [0.3, 0.4) is 0 Å². The zero-order valence-corrected chi connectivity index (χ0v) is 8.29. The SMILES string of the molecule is COc1cccc2c1CCC2(F)C(=O)O. The normalized spacial score (nSPS) is 23.6. The first-order valence-electron chi connectivity index (χ1n) is 4.68. The van der Waals surface area contributed by atoms with E-state index in [0.717, 1.165) is 0 Å². The van der Waals surface area contributed by atoms with Gasteiger partial charge >= 0.3 is 5.97 Å². The Balaban J connectivity index is 2.57. The van der Waals surface area contributed by atoms with E-state index >= 15 is 0 Å². The molecule has 0 radical (unpaired) electrons. The quantitative estimate of drug-likeness (QED) is 0.810. The minimum absolute atomic E-state index is 0.0158. The van der Waals surface area contributed by atoms with E-state index in [1.54, 1.807) is 12.1 Å². The van der Waals surface area contributed by atoms with Crippen LogP contribution >= 0.6 is 0 Å². The van der Waals surface area contributed by atoms with Gasteiger partial charge in [0.05, 0.1) is 7.11 Å². The zero-order chi connectivity index (χ0) is 11.1. The molecule has 1 aliphatic rings. The molecule has 1 atom stereocenters. The van der Waals surface area contributed by atoms with Crippen molar-refractivity contribution in [2.24, 2.45) is 0 Å². The van der Waals surface area contributed by atoms with E-state index in [2.05, 4.69) is 0 Å². The number of methoxy groups -OCH3 is 1. The Morgan fingerprint density at radius 3 is 2.93 bits per heavy atom. The first-order valence-corrected chi connectivity index (χ1v) is 4.68. The van der Waals surface area contributed by atoms with Crippen LogP contribution in [0.4, 0.5) is 4.39 Å². The monoisotopic (exact) mass is 210 g/mol. The summed E-state index contributed by atoms with van der Waals surface area (Å²) in [4.78, 5) is 10.9. The minimum Gasteiger partial charge on any atom is -0.496 e. The fourth-order valence-corrected chi connectivity index (χ4v) is 2.04. The molecular weight excluding hydrogens is 199 g/mol. The van der Waals surface area contributed by atoms with Crippen molar-refractivity contribution in [3.63, 3.8) is 0 Å². The van der Waals surface area contributed by atoms with Crippen LogP contribution in [-0.2, 0) is 16.9 Å². The molecule has 0 fully saturated rings. The maximum Gasteiger partial charge on any atom is 0.346 e. The summed E-state index contributed by atoms with van der Waals surface area (Å²) in [5.41, 5.74) is -1.34. The number of halogens is 1. The Labute approximate surface area is 86.5 Å². The number of hydrogen-bond donors (Lipinski definition) is 1. The van der Waals surface area contributed by atoms with Crippen LogP contribution in [0, 0.1) is 0 Å². The van der Waals surface area contributed by atoms with Crippen molar-refractivity contribution >= 4 is 5.97 Å². The lowest BCUT2D eigenvalue weighted by Crippen LogP contribution is -2.27. The van der Waals surface area contributed by atoms with Crippen LogP contribution in [0.15, 0.2) is 18.2 Å². The average Bonchev–Trinajstić information content (AvgIpc) is 2.58. The van der Waals surface area contributed by atoms with E-state index in [1.807, 2.05) is 0 Å². The number of fused-ring (bicyclic) bond motifs is 1. The molecule has 2 rings (SSSR count). The molecule has 0 saturated carbocycles. The Kier molecular flexibility index (Phi) is 2.14. The minimum atomic E-state index is -2.25. The fourth-order valence-electron chi connectivity index (χ4n) is 2.04. The summed E-state index contributed by atoms with van der Waals surface area (Å²) < 4.78 is 19.2. The molecule has 0 saturated heterocycles. The predicted octanol–water partition coefficient (Wildman–Crippen LogP) is 1.89. The summed E-state index contributed by atoms with van der Waals surface area (Å²) >= 11 is 0. The van der Waals surface area contributed by atoms with Gasteiger partial charge < -0.3 is 9.84 Å². The van der Waals surface area contributed by atoms with Crippen LogP contribution in [-0.4, -0.2) is 18.2 Å². The molecule has 1 aromatic rings. The fraction of sp³-hybridized carbons (Fsp3) is 0.364. The molecule has 3 nitrogen and oxygen atoms in total. The lowest BCUT2D eigenvalue weighted by atomic mass is 9.98. The summed E-state index contributed by atoms with van der Waals surface area (Å²) in [6.07, 6.45) is 0.389. The third kappa shape index (κ3) is 1.28. The van der Waals surface area contributed by atoms with Gasteiger partial charge in [-0.1, -0.05) is 12.1 Å². The van der Waals surface area contributed by atoms with Crippen molar-refractivity contribution in [3.8, 4) is 5.75 Å². The topological polar surface area (TPSA) is 46.5 Å². The number of hydrogen-bond acceptors (Lipinski definition) is 2. The number of alkyl halides is 1. The molecule has 0 aromatic heterocycles. The van der Waals surface area contributed by atoms with E-state index in [0.29, 0.717) is 17.7 Å². The van der Waals surface area contributed by atoms with E-state index in [1.165, 1.54) is 13.2 Å². The van der Waals surface area contributed by atoms with Gasteiger partial charge in [0, 0.05) is 17.5 Å². The molecule has 1 aliphatic carbocycles. The third-order valence-electron chi connectivity index (χ3n) is 2.84. The van der Waals surface area contributed by atoms with Crippen molar-refractivity contribution in [3.05, 3.63) is 29.3 Å². The van der Waals surface area contributed by atoms with Crippen molar-refractivity contribution in [2.45, 2.75) is 18.5 Å². The molecule has 1 unspecified atom stereocenters. The van der Waals surface area contributed by atoms with Crippen LogP contribution in [0.25, 0.3) is 0 Å². The van der Waals surface area contributed by atoms with Crippen molar-refractivity contribution in [2.75, 3.05) is 7.11 Å². The second-order valence-corrected chi connectivity index (χ2v) is 3.59. The molecule has 1 N–H and O–H groups in total. The van der Waals surface area contributed by atoms with Gasteiger partial charge in [0.15, 0.2) is 0 Å². The molecule has 0 spiro atoms. The van der Waals surface area contributed by atoms with Gasteiger partial charge in [-0.15, -0.1) is 0 Å². The highest BCUT2D eigenvalue weighted by atomic mass is 19.1. The van der Waals surface area contributed by atoms with Crippen LogP contribution < -0.4 is 4.74 Å². The van der Waals surface area contributed by atoms with Gasteiger partial charge in [0.2, 0.25) is 5.67 Å². The summed E-state index contributed by atoms with van der Waals surface area (Å²) in [7, 11) is 1.49. The van der Waals surface area contributed by atoms with E-state index < -0.39 is 11.6 Å². The molecule has 0 aliphatic heterocycles. The second-order valence-electron chi connectivity index (χ2n) is 3.59. The van der Waals surface area contributed by atoms with Crippen LogP contribution in [0.1, 0.15) is 17.5 Å². The Morgan fingerprint density at radius 2 is 2.33 bits per heavy atom. The van der Waals surface area contributed by atoms with Crippen LogP contribution in [0.2, 0.25) is 0 Å². The average molecular weight is 210 g/mol. The third-order valence-corrected chi connectivity index (χ3v) is 2.84. The van der Waals surface area contributed by atoms with E-state index in [-0.39, 0.29) is 12.0 Å². The first-order chi connectivity index (χ1) is 7.09. The highest BCUT2D eigenvalue weighted by Gasteiger charge is 2.47. The molecule has 80 valence electrons. The van der Waals surface area contributed by atoms with E-state index in [4.69, 9.17) is 9.84 Å². The summed E-state index contributed by atoms with van der Waals surface area (Å²) in [6.45, 7) is 0. The van der Waals surface area contributed by atoms with Crippen molar-refractivity contribution in [1.82, 2.24) is 0 Å². The standard InChI is InChI=1S/C11H11FO3/c1-15-9-4-2-3-8-7(9)5-6-11(8,12)10(13)14/h2-4H,5-6H2,1H3,(H,13,14). The van der Waals surface area contributed by atoms with Gasteiger partial charge in [-0.25, -0.2) is 9.18 Å². The van der Waals surface area contributed by atoms with Crippen LogP contribution in [0.5, 0.6) is 5.75 Å². The maximum absolute atomic E-state index is 14.1. The Bertz CT molecular complexity index is 416. The van der Waals surface area contributed by atoms with E-state index in [9.17, 15) is 9.18 Å². The first kappa shape index (κ1) is 9.96. The number of ether oxygens (including phenoxy) is 1. The highest BCUT2D eigenvalue weighted by molar-refractivity contribution is 5.81. The number of aliphatic carboxylic acids is 1. The number of rotatable bonds is 2. The lowest BCUT2D eigenvalue weighted by Gasteiger charge is -2.15. The highest BCUT2D eigenvalue weighted by Crippen LogP contribution is 2.43. The predicted molar refractivity (Wildman–Crippen MR) is 51.7 cm³/mol. The summed E-state index contributed by atoms with van der Waals surface area (Å²) in [6, 6.07) is 4.84. The molecule has 0 heterocycles. The molecule has 0 bridgehead atoms. The molecule has 15 heavy (non-hydrogen) atoms. The maximum atomic E-state index is 14.1. The van der Waals surface area contributed by atoms with Gasteiger partial charge in [0.1, 0.15) is 5.75 Å². The van der Waals surface area contributed by atoms with Gasteiger partial charge in [-0.3, -0.25) is 0 Å². The largest absolute Gasteiger partial charge is 0.496 e. The number of benzene rings is 1. The molecule has 0 amide bonds. The summed E-state index contributed by atoms with van der Waals surface area (Å²) in [5.74, 6) is -0.859. The lowest BCUT2D eigenvalue weighted by molar-refractivity contribution is -0.151. The number of carboxylic acids is 1. The number of carbonyl (C=O) groups is 1. The molecular formula is C11H11FO3. The summed E-state index contributed by atoms with van der Waals surface area (Å²) in [5, 5.41) is 8.87. The van der Waals surface area contributed by atoms with Crippen molar-refractivity contribution in [1.29, 1.82) is 0 Å². The Hall–Kier alpha value is -1.58. The second kappa shape index (κ2) is 3.22. The zero-order valence-electron chi connectivity index (χ0n) is 8.29. The van der Waals surface area contributed by atoms with Gasteiger partial charge in [-0.2, -0.15) is 0 Å². The molecule has 1 aromatic carbocycles. The van der Waals surface area contributed by atoms with Gasteiger partial charge in [-0.05, 0) is 12.5 Å².